The standard InChI is InChI=1S/C15H26O4.C12H20O7/c16-14-10-8-6-4-2-1-3-5-7-9-11-15(17)19-13-12-18-14;1-4-17-9(13)7-12(16,11(15)19-6-3)8-10(14)18-5-2/h1-13H2;16H,4-8H2,1-3H3. The molecule has 0 amide bonds. The maximum atomic E-state index is 11.7. The van der Waals surface area contributed by atoms with Crippen LogP contribution in [-0.4, -0.2) is 73.6 Å². The number of hydrogen-bond donors (Lipinski definition) is 1. The number of esters is 5. The monoisotopic (exact) mass is 546 g/mol. The molecule has 0 aromatic heterocycles. The van der Waals surface area contributed by atoms with Crippen LogP contribution in [0, 0.1) is 0 Å². The predicted octanol–water partition coefficient (Wildman–Crippen LogP) is 3.56. The second kappa shape index (κ2) is 22.3. The van der Waals surface area contributed by atoms with Crippen molar-refractivity contribution in [1.29, 1.82) is 0 Å². The normalized spacial score (nSPS) is 16.4. The molecule has 11 heteroatoms. The average molecular weight is 547 g/mol. The summed E-state index contributed by atoms with van der Waals surface area (Å²) >= 11 is 0. The molecule has 0 atom stereocenters. The molecule has 220 valence electrons. The zero-order valence-corrected chi connectivity index (χ0v) is 23.3. The van der Waals surface area contributed by atoms with Crippen molar-refractivity contribution in [2.24, 2.45) is 0 Å². The van der Waals surface area contributed by atoms with Gasteiger partial charge in [-0.05, 0) is 33.6 Å². The second-order valence-electron chi connectivity index (χ2n) is 8.84. The fraction of sp³-hybridized carbons (Fsp3) is 0.815. The molecule has 0 aromatic carbocycles. The summed E-state index contributed by atoms with van der Waals surface area (Å²) in [7, 11) is 0. The number of carbonyl (C=O) groups is 5. The number of hydrogen-bond acceptors (Lipinski definition) is 11. The molecule has 1 N–H and O–H groups in total. The number of rotatable bonds is 8. The van der Waals surface area contributed by atoms with Crippen LogP contribution in [0.25, 0.3) is 0 Å². The van der Waals surface area contributed by atoms with Gasteiger partial charge in [-0.3, -0.25) is 19.2 Å². The molecule has 1 heterocycles. The minimum Gasteiger partial charge on any atom is -0.466 e. The van der Waals surface area contributed by atoms with E-state index in [0.29, 0.717) is 12.8 Å². The van der Waals surface area contributed by atoms with Gasteiger partial charge < -0.3 is 28.8 Å². The Labute approximate surface area is 225 Å². The number of ether oxygens (including phenoxy) is 5. The van der Waals surface area contributed by atoms with Gasteiger partial charge in [0.2, 0.25) is 0 Å². The van der Waals surface area contributed by atoms with Gasteiger partial charge in [0.05, 0.1) is 32.7 Å². The summed E-state index contributed by atoms with van der Waals surface area (Å²) in [6, 6.07) is 0. The van der Waals surface area contributed by atoms with Gasteiger partial charge in [0.25, 0.3) is 0 Å². The van der Waals surface area contributed by atoms with Gasteiger partial charge in [-0.2, -0.15) is 0 Å². The van der Waals surface area contributed by atoms with Crippen LogP contribution in [0.3, 0.4) is 0 Å². The number of cyclic esters (lactones) is 2. The molecule has 1 aliphatic heterocycles. The smallest absolute Gasteiger partial charge is 0.339 e. The third kappa shape index (κ3) is 18.5. The largest absolute Gasteiger partial charge is 0.466 e. The van der Waals surface area contributed by atoms with Crippen LogP contribution in [0.2, 0.25) is 0 Å². The molecule has 1 saturated heterocycles. The van der Waals surface area contributed by atoms with Crippen LogP contribution in [0.15, 0.2) is 0 Å². The lowest BCUT2D eigenvalue weighted by Crippen LogP contribution is -2.44. The minimum absolute atomic E-state index is 0.0206. The Morgan fingerprint density at radius 1 is 0.658 bits per heavy atom. The maximum Gasteiger partial charge on any atom is 0.339 e. The van der Waals surface area contributed by atoms with E-state index in [9.17, 15) is 29.1 Å². The Morgan fingerprint density at radius 3 is 1.34 bits per heavy atom. The van der Waals surface area contributed by atoms with Crippen molar-refractivity contribution < 1.29 is 52.8 Å². The lowest BCUT2D eigenvalue weighted by atomic mass is 9.95. The SMILES string of the molecule is CCOC(=O)CC(O)(CC(=O)OCC)C(=O)OCC.O=C1CCCCCCCCCCCC(=O)OCCO1. The highest BCUT2D eigenvalue weighted by atomic mass is 16.6. The summed E-state index contributed by atoms with van der Waals surface area (Å²) in [4.78, 5) is 57.1. The highest BCUT2D eigenvalue weighted by Gasteiger charge is 2.43. The topological polar surface area (TPSA) is 152 Å². The molecule has 1 aliphatic rings. The van der Waals surface area contributed by atoms with Crippen molar-refractivity contribution in [1.82, 2.24) is 0 Å². The van der Waals surface area contributed by atoms with Crippen molar-refractivity contribution in [3.05, 3.63) is 0 Å². The first-order chi connectivity index (χ1) is 18.2. The summed E-state index contributed by atoms with van der Waals surface area (Å²) in [6.45, 7) is 5.34. The summed E-state index contributed by atoms with van der Waals surface area (Å²) in [6.07, 6.45) is 9.82. The number of carbonyl (C=O) groups excluding carboxylic acids is 5. The third-order valence-electron chi connectivity index (χ3n) is 5.51. The zero-order valence-electron chi connectivity index (χ0n) is 23.3. The van der Waals surface area contributed by atoms with Gasteiger partial charge in [-0.15, -0.1) is 0 Å². The van der Waals surface area contributed by atoms with Crippen molar-refractivity contribution in [2.45, 2.75) is 110 Å². The van der Waals surface area contributed by atoms with Gasteiger partial charge in [0, 0.05) is 12.8 Å². The first-order valence-electron chi connectivity index (χ1n) is 13.7. The molecule has 1 fully saturated rings. The van der Waals surface area contributed by atoms with E-state index in [1.54, 1.807) is 20.8 Å². The highest BCUT2D eigenvalue weighted by molar-refractivity contribution is 5.90. The van der Waals surface area contributed by atoms with Crippen molar-refractivity contribution in [2.75, 3.05) is 33.0 Å². The van der Waals surface area contributed by atoms with Gasteiger partial charge >= 0.3 is 29.8 Å². The van der Waals surface area contributed by atoms with Crippen LogP contribution < -0.4 is 0 Å². The van der Waals surface area contributed by atoms with Crippen molar-refractivity contribution >= 4 is 29.8 Å². The van der Waals surface area contributed by atoms with E-state index >= 15 is 0 Å². The van der Waals surface area contributed by atoms with Crippen LogP contribution in [0.5, 0.6) is 0 Å². The van der Waals surface area contributed by atoms with Crippen molar-refractivity contribution in [3.8, 4) is 0 Å². The van der Waals surface area contributed by atoms with Crippen molar-refractivity contribution in [3.63, 3.8) is 0 Å². The molecule has 1 rings (SSSR count). The summed E-state index contributed by atoms with van der Waals surface area (Å²) in [5.74, 6) is -2.98. The molecule has 11 nitrogen and oxygen atoms in total. The fourth-order valence-electron chi connectivity index (χ4n) is 3.61. The van der Waals surface area contributed by atoms with E-state index in [0.717, 1.165) is 25.7 Å². The molecule has 0 bridgehead atoms. The zero-order chi connectivity index (χ0) is 28.7. The van der Waals surface area contributed by atoms with Crippen LogP contribution in [0.4, 0.5) is 0 Å². The van der Waals surface area contributed by atoms with E-state index in [-0.39, 0.29) is 45.0 Å². The van der Waals surface area contributed by atoms with Gasteiger partial charge in [0.15, 0.2) is 5.60 Å². The van der Waals surface area contributed by atoms with E-state index < -0.39 is 36.4 Å². The lowest BCUT2D eigenvalue weighted by Gasteiger charge is -2.23. The maximum absolute atomic E-state index is 11.7. The summed E-state index contributed by atoms with van der Waals surface area (Å²) in [5.41, 5.74) is -2.26. The van der Waals surface area contributed by atoms with E-state index in [1.807, 2.05) is 0 Å². The Hall–Kier alpha value is -2.69. The lowest BCUT2D eigenvalue weighted by molar-refractivity contribution is -0.177. The Morgan fingerprint density at radius 2 is 1.00 bits per heavy atom. The highest BCUT2D eigenvalue weighted by Crippen LogP contribution is 2.20. The molecular weight excluding hydrogens is 500 g/mol. The van der Waals surface area contributed by atoms with E-state index in [2.05, 4.69) is 14.2 Å². The average Bonchev–Trinajstić information content (AvgIpc) is 2.85. The molecule has 0 saturated carbocycles. The molecule has 0 aliphatic carbocycles. The van der Waals surface area contributed by atoms with E-state index in [4.69, 9.17) is 9.47 Å². The van der Waals surface area contributed by atoms with Gasteiger partial charge in [0.1, 0.15) is 13.2 Å². The first-order valence-corrected chi connectivity index (χ1v) is 13.7. The van der Waals surface area contributed by atoms with Crippen LogP contribution in [-0.2, 0) is 47.7 Å². The second-order valence-corrected chi connectivity index (χ2v) is 8.84. The van der Waals surface area contributed by atoms with Gasteiger partial charge in [-0.1, -0.05) is 44.9 Å². The summed E-state index contributed by atoms with van der Waals surface area (Å²) < 4.78 is 24.0. The molecule has 0 spiro atoms. The molecule has 0 radical (unpaired) electrons. The van der Waals surface area contributed by atoms with Crippen LogP contribution in [0.1, 0.15) is 104 Å². The molecule has 38 heavy (non-hydrogen) atoms. The Bertz CT molecular complexity index is 659. The minimum atomic E-state index is -2.26. The Kier molecular flexibility index (Phi) is 20.7. The summed E-state index contributed by atoms with van der Waals surface area (Å²) in [5, 5.41) is 10.1. The molecule has 0 aromatic rings. The molecule has 0 unspecified atom stereocenters. The predicted molar refractivity (Wildman–Crippen MR) is 137 cm³/mol. The van der Waals surface area contributed by atoms with Crippen LogP contribution >= 0.6 is 0 Å². The molecular formula is C27H46O11. The third-order valence-corrected chi connectivity index (χ3v) is 5.51. The Balaban J connectivity index is 0.000000721. The fourth-order valence-corrected chi connectivity index (χ4v) is 3.61. The quantitative estimate of drug-likeness (QED) is 0.351. The van der Waals surface area contributed by atoms with E-state index in [1.165, 1.54) is 32.1 Å². The van der Waals surface area contributed by atoms with Gasteiger partial charge in [-0.25, -0.2) is 4.79 Å². The number of aliphatic hydroxyl groups is 1. The first kappa shape index (κ1) is 35.3.